The molecule has 3 N–H and O–H groups in total. The molecule has 2 rings (SSSR count). The molecule has 7 heteroatoms. The van der Waals surface area contributed by atoms with Gasteiger partial charge in [-0.25, -0.2) is 4.98 Å². The fourth-order valence-corrected chi connectivity index (χ4v) is 3.64. The number of carbonyl (C=O) groups is 1. The first-order valence-corrected chi connectivity index (χ1v) is 7.14. The maximum absolute atomic E-state index is 11.4. The van der Waals surface area contributed by atoms with Crippen molar-refractivity contribution in [1.29, 1.82) is 0 Å². The van der Waals surface area contributed by atoms with E-state index in [2.05, 4.69) is 15.3 Å². The third-order valence-electron chi connectivity index (χ3n) is 3.32. The predicted octanol–water partition coefficient (Wildman–Crippen LogP) is 0.847. The van der Waals surface area contributed by atoms with Crippen LogP contribution >= 0.6 is 11.8 Å². The van der Waals surface area contributed by atoms with Crippen LogP contribution in [0.1, 0.15) is 26.2 Å². The molecule has 0 radical (unpaired) electrons. The Hall–Kier alpha value is -1.34. The van der Waals surface area contributed by atoms with E-state index in [4.69, 9.17) is 0 Å². The summed E-state index contributed by atoms with van der Waals surface area (Å²) in [5, 5.41) is 13.2. The summed E-state index contributed by atoms with van der Waals surface area (Å²) < 4.78 is 0. The summed E-state index contributed by atoms with van der Waals surface area (Å²) >= 11 is 1.44. The highest BCUT2D eigenvalue weighted by Gasteiger charge is 2.45. The fourth-order valence-electron chi connectivity index (χ4n) is 2.44. The van der Waals surface area contributed by atoms with Gasteiger partial charge in [-0.15, -0.1) is 0 Å². The van der Waals surface area contributed by atoms with Crippen LogP contribution in [-0.4, -0.2) is 38.4 Å². The second-order valence-corrected chi connectivity index (χ2v) is 5.93. The number of aromatic nitrogens is 2. The van der Waals surface area contributed by atoms with E-state index in [-0.39, 0.29) is 10.8 Å². The lowest BCUT2D eigenvalue weighted by Crippen LogP contribution is -2.50. The molecule has 1 aliphatic carbocycles. The van der Waals surface area contributed by atoms with E-state index in [1.807, 2.05) is 6.92 Å². The molecule has 1 aromatic rings. The lowest BCUT2D eigenvalue weighted by molar-refractivity contribution is -0.144. The van der Waals surface area contributed by atoms with Crippen molar-refractivity contribution in [3.8, 4) is 0 Å². The molecule has 6 nitrogen and oxygen atoms in total. The van der Waals surface area contributed by atoms with Gasteiger partial charge in [0.1, 0.15) is 5.54 Å². The van der Waals surface area contributed by atoms with Gasteiger partial charge in [-0.05, 0) is 25.8 Å². The summed E-state index contributed by atoms with van der Waals surface area (Å²) in [5.41, 5.74) is -1.02. The van der Waals surface area contributed by atoms with Gasteiger partial charge in [-0.3, -0.25) is 9.59 Å². The molecule has 0 spiro atoms. The van der Waals surface area contributed by atoms with Gasteiger partial charge in [0.25, 0.3) is 5.56 Å². The number of hydrogen-bond donors (Lipinski definition) is 3. The first kappa shape index (κ1) is 14.1. The highest BCUT2D eigenvalue weighted by molar-refractivity contribution is 7.99. The number of hydrogen-bond acceptors (Lipinski definition) is 5. The smallest absolute Gasteiger partial charge is 0.323 e. The summed E-state index contributed by atoms with van der Waals surface area (Å²) in [4.78, 5) is 29.3. The van der Waals surface area contributed by atoms with Crippen LogP contribution in [0.15, 0.2) is 22.2 Å². The van der Waals surface area contributed by atoms with Gasteiger partial charge >= 0.3 is 5.97 Å². The Bertz CT molecular complexity index is 519. The van der Waals surface area contributed by atoms with Crippen molar-refractivity contribution >= 4 is 17.7 Å². The lowest BCUT2D eigenvalue weighted by Gasteiger charge is -2.25. The number of aliphatic carboxylic acids is 1. The van der Waals surface area contributed by atoms with Crippen LogP contribution in [0.25, 0.3) is 0 Å². The largest absolute Gasteiger partial charge is 0.480 e. The van der Waals surface area contributed by atoms with Gasteiger partial charge in [0.15, 0.2) is 5.16 Å². The van der Waals surface area contributed by atoms with Crippen LogP contribution in [0.5, 0.6) is 0 Å². The van der Waals surface area contributed by atoms with Gasteiger partial charge in [0, 0.05) is 17.5 Å². The van der Waals surface area contributed by atoms with Crippen molar-refractivity contribution < 1.29 is 9.90 Å². The van der Waals surface area contributed by atoms with E-state index in [9.17, 15) is 14.7 Å². The molecular weight excluding hydrogens is 266 g/mol. The van der Waals surface area contributed by atoms with Crippen LogP contribution in [0.3, 0.4) is 0 Å². The standard InChI is InChI=1S/C12H17N3O3S/c1-2-14-12(10(17)18)5-3-8(7-12)19-11-13-6-4-9(16)15-11/h4,6,8,14H,2-3,5,7H2,1H3,(H,17,18)(H,13,15,16). The lowest BCUT2D eigenvalue weighted by atomic mass is 9.98. The Kier molecular flexibility index (Phi) is 4.26. The predicted molar refractivity (Wildman–Crippen MR) is 72.4 cm³/mol. The number of rotatable bonds is 5. The topological polar surface area (TPSA) is 95.1 Å². The van der Waals surface area contributed by atoms with E-state index in [1.165, 1.54) is 24.0 Å². The van der Waals surface area contributed by atoms with Crippen molar-refractivity contribution in [2.75, 3.05) is 6.54 Å². The van der Waals surface area contributed by atoms with Crippen molar-refractivity contribution in [3.05, 3.63) is 22.6 Å². The molecule has 2 unspecified atom stereocenters. The normalized spacial score (nSPS) is 26.5. The molecule has 104 valence electrons. The number of nitrogens with zero attached hydrogens (tertiary/aromatic N) is 1. The molecular formula is C12H17N3O3S. The average molecular weight is 283 g/mol. The first-order valence-electron chi connectivity index (χ1n) is 6.26. The molecule has 1 aliphatic rings. The summed E-state index contributed by atoms with van der Waals surface area (Å²) in [7, 11) is 0. The number of aromatic amines is 1. The van der Waals surface area contributed by atoms with Gasteiger partial charge in [-0.2, -0.15) is 0 Å². The van der Waals surface area contributed by atoms with Crippen molar-refractivity contribution in [3.63, 3.8) is 0 Å². The number of thioether (sulfide) groups is 1. The molecule has 19 heavy (non-hydrogen) atoms. The second kappa shape index (κ2) is 5.75. The quantitative estimate of drug-likeness (QED) is 0.693. The SMILES string of the molecule is CCNC1(C(=O)O)CCC(Sc2nccc(=O)[nH]2)C1. The molecule has 0 bridgehead atoms. The zero-order chi connectivity index (χ0) is 13.9. The minimum Gasteiger partial charge on any atom is -0.480 e. The Labute approximate surface area is 115 Å². The van der Waals surface area contributed by atoms with Crippen LogP contribution < -0.4 is 10.9 Å². The Balaban J connectivity index is 2.05. The van der Waals surface area contributed by atoms with Gasteiger partial charge in [0.05, 0.1) is 0 Å². The monoisotopic (exact) mass is 283 g/mol. The van der Waals surface area contributed by atoms with Crippen molar-refractivity contribution in [2.45, 2.75) is 42.1 Å². The minimum atomic E-state index is -0.832. The number of carboxylic acids is 1. The fraction of sp³-hybridized carbons (Fsp3) is 0.583. The zero-order valence-corrected chi connectivity index (χ0v) is 11.5. The highest BCUT2D eigenvalue weighted by atomic mass is 32.2. The van der Waals surface area contributed by atoms with Crippen molar-refractivity contribution in [1.82, 2.24) is 15.3 Å². The summed E-state index contributed by atoms with van der Waals surface area (Å²) in [6.07, 6.45) is 3.40. The number of H-pyrrole nitrogens is 1. The number of carboxylic acid groups (broad SMARTS) is 1. The highest BCUT2D eigenvalue weighted by Crippen LogP contribution is 2.39. The number of likely N-dealkylation sites (N-methyl/N-ethyl adjacent to an activating group) is 1. The van der Waals surface area contributed by atoms with Crippen LogP contribution in [-0.2, 0) is 4.79 Å². The van der Waals surface area contributed by atoms with E-state index in [0.717, 1.165) is 6.42 Å². The van der Waals surface area contributed by atoms with Gasteiger partial charge < -0.3 is 15.4 Å². The third-order valence-corrected chi connectivity index (χ3v) is 4.49. The second-order valence-electron chi connectivity index (χ2n) is 4.64. The first-order chi connectivity index (χ1) is 9.05. The molecule has 0 aromatic carbocycles. The van der Waals surface area contributed by atoms with Crippen LogP contribution in [0.4, 0.5) is 0 Å². The Morgan fingerprint density at radius 1 is 1.74 bits per heavy atom. The molecule has 1 heterocycles. The van der Waals surface area contributed by atoms with E-state index < -0.39 is 11.5 Å². The summed E-state index contributed by atoms with van der Waals surface area (Å²) in [6, 6.07) is 1.36. The molecule has 1 fully saturated rings. The maximum Gasteiger partial charge on any atom is 0.323 e. The number of nitrogens with one attached hydrogen (secondary N) is 2. The van der Waals surface area contributed by atoms with Crippen LogP contribution in [0.2, 0.25) is 0 Å². The molecule has 0 aliphatic heterocycles. The molecule has 0 amide bonds. The van der Waals surface area contributed by atoms with E-state index >= 15 is 0 Å². The maximum atomic E-state index is 11.4. The van der Waals surface area contributed by atoms with E-state index in [1.54, 1.807) is 0 Å². The van der Waals surface area contributed by atoms with Crippen LogP contribution in [0, 0.1) is 0 Å². The average Bonchev–Trinajstić information content (AvgIpc) is 2.74. The minimum absolute atomic E-state index is 0.153. The Morgan fingerprint density at radius 3 is 3.16 bits per heavy atom. The third kappa shape index (κ3) is 3.16. The molecule has 2 atom stereocenters. The Morgan fingerprint density at radius 2 is 2.53 bits per heavy atom. The van der Waals surface area contributed by atoms with Gasteiger partial charge in [-0.1, -0.05) is 18.7 Å². The van der Waals surface area contributed by atoms with E-state index in [0.29, 0.717) is 24.5 Å². The van der Waals surface area contributed by atoms with Crippen molar-refractivity contribution in [2.24, 2.45) is 0 Å². The van der Waals surface area contributed by atoms with Gasteiger partial charge in [0.2, 0.25) is 0 Å². The molecule has 1 saturated carbocycles. The molecule has 0 saturated heterocycles. The zero-order valence-electron chi connectivity index (χ0n) is 10.7. The molecule has 1 aromatic heterocycles. The summed E-state index contributed by atoms with van der Waals surface area (Å²) in [6.45, 7) is 2.53. The summed E-state index contributed by atoms with van der Waals surface area (Å²) in [5.74, 6) is -0.799.